The van der Waals surface area contributed by atoms with Gasteiger partial charge in [-0.05, 0) is 45.2 Å². The molecule has 0 radical (unpaired) electrons. The number of likely N-dealkylation sites (N-methyl/N-ethyl adjacent to an activating group) is 1. The van der Waals surface area contributed by atoms with E-state index in [9.17, 15) is 14.4 Å². The van der Waals surface area contributed by atoms with Crippen molar-refractivity contribution < 1.29 is 19.5 Å². The Morgan fingerprint density at radius 3 is 2.45 bits per heavy atom. The smallest absolute Gasteiger partial charge is 0.303 e. The standard InChI is InChI=1S/C14H22N2O4/c1-2-16-12(17)9-11(14(16)20)15-7-5-10(6-8-15)3-4-13(18)19/h10-11H,2-9H2,1H3,(H,18,19). The third kappa shape index (κ3) is 3.17. The predicted octanol–water partition coefficient (Wildman–Crippen LogP) is 0.711. The van der Waals surface area contributed by atoms with Gasteiger partial charge in [0.05, 0.1) is 12.5 Å². The maximum absolute atomic E-state index is 12.1. The lowest BCUT2D eigenvalue weighted by Crippen LogP contribution is -2.45. The lowest BCUT2D eigenvalue weighted by Gasteiger charge is -2.34. The molecule has 0 aromatic heterocycles. The second-order valence-electron chi connectivity index (χ2n) is 5.61. The van der Waals surface area contributed by atoms with Crippen molar-refractivity contribution in [2.24, 2.45) is 5.92 Å². The number of piperidine rings is 1. The van der Waals surface area contributed by atoms with E-state index in [2.05, 4.69) is 4.90 Å². The van der Waals surface area contributed by atoms with E-state index in [1.54, 1.807) is 0 Å². The normalized spacial score (nSPS) is 25.4. The monoisotopic (exact) mass is 282 g/mol. The summed E-state index contributed by atoms with van der Waals surface area (Å²) in [5.74, 6) is -0.462. The summed E-state index contributed by atoms with van der Waals surface area (Å²) in [5, 5.41) is 8.69. The molecule has 1 N–H and O–H groups in total. The van der Waals surface area contributed by atoms with Crippen LogP contribution in [0.15, 0.2) is 0 Å². The summed E-state index contributed by atoms with van der Waals surface area (Å²) in [5.41, 5.74) is 0. The number of aliphatic carboxylic acids is 1. The summed E-state index contributed by atoms with van der Waals surface area (Å²) in [6.45, 7) is 3.83. The Balaban J connectivity index is 1.84. The van der Waals surface area contributed by atoms with Crippen molar-refractivity contribution >= 4 is 17.8 Å². The molecule has 6 nitrogen and oxygen atoms in total. The third-order valence-corrected chi connectivity index (χ3v) is 4.39. The van der Waals surface area contributed by atoms with Crippen LogP contribution >= 0.6 is 0 Å². The minimum Gasteiger partial charge on any atom is -0.481 e. The molecular weight excluding hydrogens is 260 g/mol. The van der Waals surface area contributed by atoms with Crippen molar-refractivity contribution in [3.05, 3.63) is 0 Å². The molecule has 20 heavy (non-hydrogen) atoms. The first-order valence-electron chi connectivity index (χ1n) is 7.33. The average molecular weight is 282 g/mol. The summed E-state index contributed by atoms with van der Waals surface area (Å²) in [6, 6.07) is -0.289. The van der Waals surface area contributed by atoms with Gasteiger partial charge in [0.15, 0.2) is 0 Å². The topological polar surface area (TPSA) is 77.9 Å². The van der Waals surface area contributed by atoms with Gasteiger partial charge in [-0.25, -0.2) is 0 Å². The summed E-state index contributed by atoms with van der Waals surface area (Å²) in [7, 11) is 0. The van der Waals surface area contributed by atoms with Crippen LogP contribution in [-0.4, -0.2) is 58.4 Å². The summed E-state index contributed by atoms with van der Waals surface area (Å²) >= 11 is 0. The molecule has 0 saturated carbocycles. The number of carbonyl (C=O) groups excluding carboxylic acids is 2. The van der Waals surface area contributed by atoms with Gasteiger partial charge in [0.1, 0.15) is 0 Å². The van der Waals surface area contributed by atoms with Gasteiger partial charge in [-0.3, -0.25) is 24.2 Å². The van der Waals surface area contributed by atoms with Crippen LogP contribution in [0.4, 0.5) is 0 Å². The molecule has 2 fully saturated rings. The number of imide groups is 1. The Morgan fingerprint density at radius 1 is 1.30 bits per heavy atom. The Labute approximate surface area is 118 Å². The summed E-state index contributed by atoms with van der Waals surface area (Å²) in [4.78, 5) is 37.8. The maximum atomic E-state index is 12.1. The number of amides is 2. The zero-order chi connectivity index (χ0) is 14.7. The van der Waals surface area contributed by atoms with Crippen molar-refractivity contribution in [2.75, 3.05) is 19.6 Å². The molecule has 2 aliphatic rings. The highest BCUT2D eigenvalue weighted by atomic mass is 16.4. The molecule has 1 atom stereocenters. The van der Waals surface area contributed by atoms with Crippen molar-refractivity contribution in [1.29, 1.82) is 0 Å². The lowest BCUT2D eigenvalue weighted by atomic mass is 9.91. The number of carbonyl (C=O) groups is 3. The van der Waals surface area contributed by atoms with Gasteiger partial charge in [-0.2, -0.15) is 0 Å². The Bertz CT molecular complexity index is 402. The van der Waals surface area contributed by atoms with E-state index >= 15 is 0 Å². The quantitative estimate of drug-likeness (QED) is 0.751. The number of likely N-dealkylation sites (tertiary alicyclic amines) is 2. The van der Waals surface area contributed by atoms with E-state index < -0.39 is 5.97 Å². The van der Waals surface area contributed by atoms with Gasteiger partial charge in [0.2, 0.25) is 11.8 Å². The molecule has 112 valence electrons. The first-order chi connectivity index (χ1) is 9.52. The van der Waals surface area contributed by atoms with Gasteiger partial charge >= 0.3 is 5.97 Å². The van der Waals surface area contributed by atoms with Crippen molar-refractivity contribution in [2.45, 2.75) is 45.1 Å². The fraction of sp³-hybridized carbons (Fsp3) is 0.786. The van der Waals surface area contributed by atoms with Crippen LogP contribution in [0.1, 0.15) is 39.0 Å². The molecule has 0 aromatic rings. The highest BCUT2D eigenvalue weighted by molar-refractivity contribution is 6.05. The van der Waals surface area contributed by atoms with E-state index in [-0.39, 0.29) is 24.3 Å². The molecule has 2 amide bonds. The van der Waals surface area contributed by atoms with Crippen LogP contribution < -0.4 is 0 Å². The van der Waals surface area contributed by atoms with Crippen LogP contribution in [-0.2, 0) is 14.4 Å². The molecule has 0 aliphatic carbocycles. The minimum absolute atomic E-state index is 0.0681. The largest absolute Gasteiger partial charge is 0.481 e. The van der Waals surface area contributed by atoms with Crippen LogP contribution in [0.25, 0.3) is 0 Å². The summed E-state index contributed by atoms with van der Waals surface area (Å²) in [6.07, 6.45) is 3.05. The molecule has 0 spiro atoms. The zero-order valence-electron chi connectivity index (χ0n) is 11.9. The SMILES string of the molecule is CCN1C(=O)CC(N2CCC(CCC(=O)O)CC2)C1=O. The molecule has 2 heterocycles. The lowest BCUT2D eigenvalue weighted by molar-refractivity contribution is -0.139. The molecule has 2 saturated heterocycles. The summed E-state index contributed by atoms with van der Waals surface area (Å²) < 4.78 is 0. The van der Waals surface area contributed by atoms with Crippen LogP contribution in [0.5, 0.6) is 0 Å². The second-order valence-corrected chi connectivity index (χ2v) is 5.61. The predicted molar refractivity (Wildman–Crippen MR) is 72.0 cm³/mol. The van der Waals surface area contributed by atoms with Crippen molar-refractivity contribution in [3.8, 4) is 0 Å². The van der Waals surface area contributed by atoms with Crippen LogP contribution in [0.3, 0.4) is 0 Å². The molecule has 1 unspecified atom stereocenters. The zero-order valence-corrected chi connectivity index (χ0v) is 11.9. The van der Waals surface area contributed by atoms with Crippen LogP contribution in [0.2, 0.25) is 0 Å². The number of hydrogen-bond acceptors (Lipinski definition) is 4. The van der Waals surface area contributed by atoms with Gasteiger partial charge in [0, 0.05) is 13.0 Å². The molecule has 6 heteroatoms. The second kappa shape index (κ2) is 6.35. The number of rotatable bonds is 5. The fourth-order valence-electron chi connectivity index (χ4n) is 3.16. The third-order valence-electron chi connectivity index (χ3n) is 4.39. The van der Waals surface area contributed by atoms with E-state index in [0.717, 1.165) is 25.9 Å². The van der Waals surface area contributed by atoms with Crippen molar-refractivity contribution in [1.82, 2.24) is 9.80 Å². The van der Waals surface area contributed by atoms with Gasteiger partial charge in [-0.15, -0.1) is 0 Å². The van der Waals surface area contributed by atoms with E-state index in [0.29, 0.717) is 25.3 Å². The van der Waals surface area contributed by atoms with E-state index in [1.807, 2.05) is 6.92 Å². The Morgan fingerprint density at radius 2 is 1.95 bits per heavy atom. The van der Waals surface area contributed by atoms with E-state index in [4.69, 9.17) is 5.11 Å². The number of nitrogens with zero attached hydrogens (tertiary/aromatic N) is 2. The maximum Gasteiger partial charge on any atom is 0.303 e. The first kappa shape index (κ1) is 15.0. The van der Waals surface area contributed by atoms with Gasteiger partial charge < -0.3 is 5.11 Å². The Hall–Kier alpha value is -1.43. The first-order valence-corrected chi connectivity index (χ1v) is 7.33. The van der Waals surface area contributed by atoms with Crippen molar-refractivity contribution in [3.63, 3.8) is 0 Å². The molecule has 2 aliphatic heterocycles. The Kier molecular flexibility index (Phi) is 4.75. The number of carboxylic acids is 1. The minimum atomic E-state index is -0.748. The number of carboxylic acid groups (broad SMARTS) is 1. The highest BCUT2D eigenvalue weighted by Gasteiger charge is 2.41. The van der Waals surface area contributed by atoms with E-state index in [1.165, 1.54) is 4.90 Å². The highest BCUT2D eigenvalue weighted by Crippen LogP contribution is 2.27. The fourth-order valence-corrected chi connectivity index (χ4v) is 3.16. The molecule has 0 aromatic carbocycles. The average Bonchev–Trinajstić information content (AvgIpc) is 2.72. The number of hydrogen-bond donors (Lipinski definition) is 1. The van der Waals surface area contributed by atoms with Gasteiger partial charge in [-0.1, -0.05) is 0 Å². The van der Waals surface area contributed by atoms with Gasteiger partial charge in [0.25, 0.3) is 0 Å². The molecule has 0 bridgehead atoms. The molecular formula is C14H22N2O4. The molecule has 2 rings (SSSR count). The van der Waals surface area contributed by atoms with Crippen LogP contribution in [0, 0.1) is 5.92 Å².